The van der Waals surface area contributed by atoms with E-state index in [1.54, 1.807) is 22.7 Å². The van der Waals surface area contributed by atoms with Crippen LogP contribution in [0.3, 0.4) is 0 Å². The maximum absolute atomic E-state index is 12.5. The first-order valence-electron chi connectivity index (χ1n) is 6.91. The van der Waals surface area contributed by atoms with Crippen LogP contribution in [0.4, 0.5) is 0 Å². The van der Waals surface area contributed by atoms with Gasteiger partial charge in [0.15, 0.2) is 5.69 Å². The Bertz CT molecular complexity index is 697. The molecule has 0 atom stereocenters. The molecule has 0 fully saturated rings. The Labute approximate surface area is 132 Å². The summed E-state index contributed by atoms with van der Waals surface area (Å²) >= 11 is 1.18. The SMILES string of the molecule is O=C(c1csnn1)N(CCc1ccccc1)Cc1ncc[nH]1. The zero-order valence-electron chi connectivity index (χ0n) is 11.8. The average molecular weight is 313 g/mol. The van der Waals surface area contributed by atoms with Gasteiger partial charge in [-0.15, -0.1) is 5.10 Å². The number of amides is 1. The van der Waals surface area contributed by atoms with Crippen LogP contribution in [0.1, 0.15) is 21.9 Å². The van der Waals surface area contributed by atoms with Gasteiger partial charge in [0, 0.05) is 24.3 Å². The molecule has 0 saturated carbocycles. The van der Waals surface area contributed by atoms with Crippen molar-refractivity contribution in [2.75, 3.05) is 6.54 Å². The van der Waals surface area contributed by atoms with E-state index in [0.717, 1.165) is 12.2 Å². The van der Waals surface area contributed by atoms with Crippen molar-refractivity contribution in [2.45, 2.75) is 13.0 Å². The maximum Gasteiger partial charge on any atom is 0.275 e. The third-order valence-corrected chi connectivity index (χ3v) is 3.78. The van der Waals surface area contributed by atoms with Crippen molar-refractivity contribution in [2.24, 2.45) is 0 Å². The summed E-state index contributed by atoms with van der Waals surface area (Å²) in [6, 6.07) is 10.1. The highest BCUT2D eigenvalue weighted by atomic mass is 32.1. The lowest BCUT2D eigenvalue weighted by atomic mass is 10.1. The zero-order valence-corrected chi connectivity index (χ0v) is 12.7. The molecule has 0 saturated heterocycles. The monoisotopic (exact) mass is 313 g/mol. The van der Waals surface area contributed by atoms with Gasteiger partial charge in [-0.1, -0.05) is 34.8 Å². The molecular weight excluding hydrogens is 298 g/mol. The zero-order chi connectivity index (χ0) is 15.2. The molecular formula is C15H15N5OS. The van der Waals surface area contributed by atoms with Gasteiger partial charge in [0.25, 0.3) is 5.91 Å². The summed E-state index contributed by atoms with van der Waals surface area (Å²) in [7, 11) is 0. The van der Waals surface area contributed by atoms with Gasteiger partial charge < -0.3 is 9.88 Å². The van der Waals surface area contributed by atoms with E-state index in [-0.39, 0.29) is 5.91 Å². The second kappa shape index (κ2) is 6.95. The molecule has 0 bridgehead atoms. The summed E-state index contributed by atoms with van der Waals surface area (Å²) in [5.74, 6) is 0.630. The highest BCUT2D eigenvalue weighted by Crippen LogP contribution is 2.09. The third-order valence-electron chi connectivity index (χ3n) is 3.28. The number of rotatable bonds is 6. The number of hydrogen-bond acceptors (Lipinski definition) is 5. The first-order valence-corrected chi connectivity index (χ1v) is 7.75. The van der Waals surface area contributed by atoms with Gasteiger partial charge in [-0.25, -0.2) is 4.98 Å². The van der Waals surface area contributed by atoms with Crippen LogP contribution in [0.5, 0.6) is 0 Å². The lowest BCUT2D eigenvalue weighted by molar-refractivity contribution is 0.0735. The summed E-state index contributed by atoms with van der Waals surface area (Å²) in [5, 5.41) is 5.53. The fourth-order valence-electron chi connectivity index (χ4n) is 2.15. The predicted octanol–water partition coefficient (Wildman–Crippen LogP) is 2.15. The van der Waals surface area contributed by atoms with E-state index in [1.807, 2.05) is 18.2 Å². The smallest absolute Gasteiger partial charge is 0.275 e. The van der Waals surface area contributed by atoms with Crippen LogP contribution < -0.4 is 0 Å². The highest BCUT2D eigenvalue weighted by Gasteiger charge is 2.19. The van der Waals surface area contributed by atoms with Crippen molar-refractivity contribution in [1.82, 2.24) is 24.5 Å². The number of H-pyrrole nitrogens is 1. The Morgan fingerprint density at radius 3 is 2.82 bits per heavy atom. The van der Waals surface area contributed by atoms with Crippen molar-refractivity contribution < 1.29 is 4.79 Å². The van der Waals surface area contributed by atoms with Crippen molar-refractivity contribution in [3.05, 3.63) is 65.2 Å². The number of benzene rings is 1. The topological polar surface area (TPSA) is 74.8 Å². The van der Waals surface area contributed by atoms with Crippen molar-refractivity contribution in [1.29, 1.82) is 0 Å². The lowest BCUT2D eigenvalue weighted by Gasteiger charge is -2.20. The minimum Gasteiger partial charge on any atom is -0.347 e. The van der Waals surface area contributed by atoms with Gasteiger partial charge in [0.05, 0.1) is 6.54 Å². The number of aromatic amines is 1. The summed E-state index contributed by atoms with van der Waals surface area (Å²) in [5.41, 5.74) is 1.57. The molecule has 0 aliphatic carbocycles. The number of nitrogens with zero attached hydrogens (tertiary/aromatic N) is 4. The molecule has 2 heterocycles. The molecule has 2 aromatic heterocycles. The maximum atomic E-state index is 12.5. The molecule has 0 aliphatic heterocycles. The molecule has 22 heavy (non-hydrogen) atoms. The number of nitrogens with one attached hydrogen (secondary N) is 1. The summed E-state index contributed by atoms with van der Waals surface area (Å²) in [6.45, 7) is 1.03. The number of carbonyl (C=O) groups excluding carboxylic acids is 1. The molecule has 0 unspecified atom stereocenters. The van der Waals surface area contributed by atoms with Gasteiger partial charge in [-0.05, 0) is 23.5 Å². The Kier molecular flexibility index (Phi) is 4.55. The average Bonchev–Trinajstić information content (AvgIpc) is 3.25. The van der Waals surface area contributed by atoms with Crippen LogP contribution in [0.25, 0.3) is 0 Å². The summed E-state index contributed by atoms with van der Waals surface area (Å²) in [4.78, 5) is 21.5. The van der Waals surface area contributed by atoms with E-state index in [9.17, 15) is 4.79 Å². The van der Waals surface area contributed by atoms with Crippen LogP contribution >= 0.6 is 11.5 Å². The molecule has 3 rings (SSSR count). The van der Waals surface area contributed by atoms with Crippen LogP contribution in [-0.4, -0.2) is 36.9 Å². The third kappa shape index (κ3) is 3.56. The normalized spacial score (nSPS) is 10.5. The van der Waals surface area contributed by atoms with E-state index in [2.05, 4.69) is 31.7 Å². The Hall–Kier alpha value is -2.54. The minimum absolute atomic E-state index is 0.124. The van der Waals surface area contributed by atoms with E-state index in [0.29, 0.717) is 18.8 Å². The Morgan fingerprint density at radius 2 is 2.14 bits per heavy atom. The van der Waals surface area contributed by atoms with Crippen molar-refractivity contribution in [3.8, 4) is 0 Å². The van der Waals surface area contributed by atoms with Crippen molar-refractivity contribution >= 4 is 17.4 Å². The van der Waals surface area contributed by atoms with Gasteiger partial charge in [0.1, 0.15) is 5.82 Å². The fourth-order valence-corrected chi connectivity index (χ4v) is 2.58. The fraction of sp³-hybridized carbons (Fsp3) is 0.200. The Morgan fingerprint density at radius 1 is 1.27 bits per heavy atom. The molecule has 1 N–H and O–H groups in total. The largest absolute Gasteiger partial charge is 0.347 e. The van der Waals surface area contributed by atoms with E-state index in [1.165, 1.54) is 17.1 Å². The van der Waals surface area contributed by atoms with Crippen LogP contribution in [-0.2, 0) is 13.0 Å². The number of carbonyl (C=O) groups is 1. The van der Waals surface area contributed by atoms with E-state index >= 15 is 0 Å². The van der Waals surface area contributed by atoms with E-state index < -0.39 is 0 Å². The first-order chi connectivity index (χ1) is 10.8. The molecule has 6 nitrogen and oxygen atoms in total. The molecule has 3 aromatic rings. The van der Waals surface area contributed by atoms with Crippen LogP contribution in [0, 0.1) is 0 Å². The molecule has 0 spiro atoms. The van der Waals surface area contributed by atoms with Crippen LogP contribution in [0.2, 0.25) is 0 Å². The Balaban J connectivity index is 1.72. The molecule has 1 aromatic carbocycles. The predicted molar refractivity (Wildman–Crippen MR) is 83.4 cm³/mol. The first kappa shape index (κ1) is 14.4. The number of hydrogen-bond donors (Lipinski definition) is 1. The molecule has 1 amide bonds. The van der Waals surface area contributed by atoms with Gasteiger partial charge in [-0.2, -0.15) is 0 Å². The number of imidazole rings is 1. The number of aromatic nitrogens is 4. The van der Waals surface area contributed by atoms with E-state index in [4.69, 9.17) is 0 Å². The quantitative estimate of drug-likeness (QED) is 0.756. The molecule has 0 aliphatic rings. The summed E-state index contributed by atoms with van der Waals surface area (Å²) in [6.07, 6.45) is 4.21. The highest BCUT2D eigenvalue weighted by molar-refractivity contribution is 7.03. The minimum atomic E-state index is -0.124. The second-order valence-electron chi connectivity index (χ2n) is 4.79. The van der Waals surface area contributed by atoms with Gasteiger partial charge >= 0.3 is 0 Å². The van der Waals surface area contributed by atoms with Crippen LogP contribution in [0.15, 0.2) is 48.1 Å². The van der Waals surface area contributed by atoms with Crippen molar-refractivity contribution in [3.63, 3.8) is 0 Å². The molecule has 7 heteroatoms. The second-order valence-corrected chi connectivity index (χ2v) is 5.40. The van der Waals surface area contributed by atoms with Gasteiger partial charge in [-0.3, -0.25) is 4.79 Å². The molecule has 112 valence electrons. The standard InChI is InChI=1S/C15H15N5OS/c21-15(13-11-22-19-18-13)20(10-14-16-7-8-17-14)9-6-12-4-2-1-3-5-12/h1-5,7-8,11H,6,9-10H2,(H,16,17). The lowest BCUT2D eigenvalue weighted by Crippen LogP contribution is -2.33. The summed E-state index contributed by atoms with van der Waals surface area (Å²) < 4.78 is 3.76. The molecule has 0 radical (unpaired) electrons. The van der Waals surface area contributed by atoms with Gasteiger partial charge in [0.2, 0.25) is 0 Å².